The minimum absolute atomic E-state index is 0.315. The Bertz CT molecular complexity index is 605. The molecule has 4 nitrogen and oxygen atoms in total. The first-order valence-corrected chi connectivity index (χ1v) is 9.67. The number of urea groups is 1. The second kappa shape index (κ2) is 5.76. The fourth-order valence-corrected chi connectivity index (χ4v) is 5.73. The SMILES string of the molecule is O=C(N1CCCC1)N1C[C@H](c2ccccc2)[C@H]2[C@@H]1C1CCN2CC1. The number of likely N-dealkylation sites (tertiary alicyclic amines) is 2. The van der Waals surface area contributed by atoms with Gasteiger partial charge in [0.25, 0.3) is 0 Å². The van der Waals surface area contributed by atoms with Gasteiger partial charge in [0.2, 0.25) is 0 Å². The Morgan fingerprint density at radius 1 is 0.917 bits per heavy atom. The third-order valence-corrected chi connectivity index (χ3v) is 6.84. The van der Waals surface area contributed by atoms with E-state index in [0.29, 0.717) is 30.0 Å². The first-order chi connectivity index (χ1) is 11.8. The van der Waals surface area contributed by atoms with Crippen LogP contribution in [-0.4, -0.2) is 65.5 Å². The van der Waals surface area contributed by atoms with E-state index in [2.05, 4.69) is 45.0 Å². The summed E-state index contributed by atoms with van der Waals surface area (Å²) < 4.78 is 0. The highest BCUT2D eigenvalue weighted by molar-refractivity contribution is 5.76. The molecule has 6 rings (SSSR count). The first kappa shape index (κ1) is 14.8. The standard InChI is InChI=1S/C20H27N3O/c24-20(22-10-4-5-11-22)23-14-17(15-6-2-1-3-7-15)19-18(23)16-8-12-21(19)13-9-16/h1-3,6-7,16-19H,4-5,8-14H2/t17-,18+,19+/m1/s1. The number of fused-ring (bicyclic) bond motifs is 2. The van der Waals surface area contributed by atoms with Crippen molar-refractivity contribution in [2.45, 2.75) is 43.7 Å². The van der Waals surface area contributed by atoms with Crippen LogP contribution in [0.2, 0.25) is 0 Å². The summed E-state index contributed by atoms with van der Waals surface area (Å²) in [6, 6.07) is 12.2. The van der Waals surface area contributed by atoms with Crippen LogP contribution in [0.3, 0.4) is 0 Å². The van der Waals surface area contributed by atoms with Crippen LogP contribution in [0.4, 0.5) is 4.79 Å². The van der Waals surface area contributed by atoms with E-state index >= 15 is 0 Å². The minimum Gasteiger partial charge on any atom is -0.325 e. The van der Waals surface area contributed by atoms with E-state index in [0.717, 1.165) is 19.6 Å². The summed E-state index contributed by atoms with van der Waals surface area (Å²) in [5, 5.41) is 0. The van der Waals surface area contributed by atoms with Gasteiger partial charge in [-0.3, -0.25) is 4.90 Å². The van der Waals surface area contributed by atoms with Crippen LogP contribution in [0, 0.1) is 5.92 Å². The molecule has 5 aliphatic heterocycles. The van der Waals surface area contributed by atoms with Crippen LogP contribution in [0.5, 0.6) is 0 Å². The Kier molecular flexibility index (Phi) is 3.55. The molecule has 0 radical (unpaired) electrons. The van der Waals surface area contributed by atoms with Crippen molar-refractivity contribution >= 4 is 6.03 Å². The van der Waals surface area contributed by atoms with E-state index in [4.69, 9.17) is 0 Å². The van der Waals surface area contributed by atoms with Crippen LogP contribution >= 0.6 is 0 Å². The van der Waals surface area contributed by atoms with Crippen LogP contribution in [-0.2, 0) is 0 Å². The van der Waals surface area contributed by atoms with Gasteiger partial charge >= 0.3 is 6.03 Å². The molecule has 0 saturated carbocycles. The normalized spacial score (nSPS) is 37.8. The molecule has 0 aliphatic carbocycles. The lowest BCUT2D eigenvalue weighted by molar-refractivity contribution is 0.000196. The Morgan fingerprint density at radius 3 is 2.33 bits per heavy atom. The molecule has 0 unspecified atom stereocenters. The molecule has 2 bridgehead atoms. The quantitative estimate of drug-likeness (QED) is 0.794. The van der Waals surface area contributed by atoms with Gasteiger partial charge in [-0.25, -0.2) is 4.79 Å². The molecule has 2 amide bonds. The van der Waals surface area contributed by atoms with E-state index in [1.807, 2.05) is 0 Å². The van der Waals surface area contributed by atoms with Gasteiger partial charge in [0.1, 0.15) is 0 Å². The van der Waals surface area contributed by atoms with Gasteiger partial charge < -0.3 is 9.80 Å². The molecule has 5 fully saturated rings. The molecule has 5 saturated heterocycles. The molecular formula is C20H27N3O. The smallest absolute Gasteiger partial charge is 0.320 e. The van der Waals surface area contributed by atoms with Crippen LogP contribution in [0.25, 0.3) is 0 Å². The van der Waals surface area contributed by atoms with Crippen LogP contribution in [0.15, 0.2) is 30.3 Å². The summed E-state index contributed by atoms with van der Waals surface area (Å²) in [6.45, 7) is 5.26. The Hall–Kier alpha value is -1.55. The average molecular weight is 325 g/mol. The van der Waals surface area contributed by atoms with Crippen molar-refractivity contribution in [3.8, 4) is 0 Å². The number of nitrogens with zero attached hydrogens (tertiary/aromatic N) is 3. The van der Waals surface area contributed by atoms with Gasteiger partial charge in [0.15, 0.2) is 0 Å². The maximum atomic E-state index is 13.2. The van der Waals surface area contributed by atoms with E-state index in [9.17, 15) is 4.79 Å². The molecule has 0 aromatic heterocycles. The lowest BCUT2D eigenvalue weighted by atomic mass is 9.75. The summed E-state index contributed by atoms with van der Waals surface area (Å²) in [7, 11) is 0. The van der Waals surface area contributed by atoms with Crippen molar-refractivity contribution in [3.63, 3.8) is 0 Å². The van der Waals surface area contributed by atoms with E-state index in [-0.39, 0.29) is 0 Å². The molecule has 1 aromatic carbocycles. The van der Waals surface area contributed by atoms with Gasteiger partial charge in [-0.05, 0) is 50.3 Å². The van der Waals surface area contributed by atoms with Crippen molar-refractivity contribution in [2.75, 3.05) is 32.7 Å². The largest absolute Gasteiger partial charge is 0.325 e. The third kappa shape index (κ3) is 2.19. The van der Waals surface area contributed by atoms with Crippen molar-refractivity contribution in [3.05, 3.63) is 35.9 Å². The highest BCUT2D eigenvalue weighted by atomic mass is 16.2. The topological polar surface area (TPSA) is 26.8 Å². The van der Waals surface area contributed by atoms with Crippen molar-refractivity contribution in [2.24, 2.45) is 5.92 Å². The summed E-state index contributed by atoms with van der Waals surface area (Å²) >= 11 is 0. The number of benzene rings is 1. The van der Waals surface area contributed by atoms with Crippen molar-refractivity contribution in [1.29, 1.82) is 0 Å². The molecule has 4 heteroatoms. The Balaban J connectivity index is 1.49. The lowest BCUT2D eigenvalue weighted by Crippen LogP contribution is -2.61. The van der Waals surface area contributed by atoms with E-state index in [1.54, 1.807) is 0 Å². The predicted molar refractivity (Wildman–Crippen MR) is 94.0 cm³/mol. The molecule has 0 spiro atoms. The van der Waals surface area contributed by atoms with Crippen molar-refractivity contribution in [1.82, 2.24) is 14.7 Å². The zero-order chi connectivity index (χ0) is 16.1. The first-order valence-electron chi connectivity index (χ1n) is 9.67. The summed E-state index contributed by atoms with van der Waals surface area (Å²) in [5.41, 5.74) is 1.41. The molecule has 5 heterocycles. The molecule has 5 aliphatic rings. The lowest BCUT2D eigenvalue weighted by Gasteiger charge is -2.51. The molecule has 128 valence electrons. The monoisotopic (exact) mass is 325 g/mol. The van der Waals surface area contributed by atoms with Gasteiger partial charge in [0, 0.05) is 31.6 Å². The maximum absolute atomic E-state index is 13.2. The molecular weight excluding hydrogens is 298 g/mol. The maximum Gasteiger partial charge on any atom is 0.320 e. The van der Waals surface area contributed by atoms with Gasteiger partial charge in [-0.15, -0.1) is 0 Å². The molecule has 3 atom stereocenters. The number of carbonyl (C=O) groups excluding carboxylic acids is 1. The second-order valence-electron chi connectivity index (χ2n) is 8.00. The fourth-order valence-electron chi connectivity index (χ4n) is 5.73. The highest BCUT2D eigenvalue weighted by Crippen LogP contribution is 2.46. The Labute approximate surface area is 144 Å². The van der Waals surface area contributed by atoms with Crippen molar-refractivity contribution < 1.29 is 4.79 Å². The fraction of sp³-hybridized carbons (Fsp3) is 0.650. The third-order valence-electron chi connectivity index (χ3n) is 6.84. The molecule has 0 N–H and O–H groups in total. The van der Waals surface area contributed by atoms with Gasteiger partial charge in [-0.1, -0.05) is 30.3 Å². The zero-order valence-electron chi connectivity index (χ0n) is 14.3. The van der Waals surface area contributed by atoms with Gasteiger partial charge in [0.05, 0.1) is 6.04 Å². The Morgan fingerprint density at radius 2 is 1.62 bits per heavy atom. The molecule has 24 heavy (non-hydrogen) atoms. The number of hydrogen-bond acceptors (Lipinski definition) is 2. The number of amides is 2. The highest BCUT2D eigenvalue weighted by Gasteiger charge is 2.55. The summed E-state index contributed by atoms with van der Waals surface area (Å²) in [5.74, 6) is 1.19. The van der Waals surface area contributed by atoms with E-state index < -0.39 is 0 Å². The van der Waals surface area contributed by atoms with E-state index in [1.165, 1.54) is 44.3 Å². The zero-order valence-corrected chi connectivity index (χ0v) is 14.3. The van der Waals surface area contributed by atoms with Crippen LogP contribution in [0.1, 0.15) is 37.2 Å². The second-order valence-corrected chi connectivity index (χ2v) is 8.00. The predicted octanol–water partition coefficient (Wildman–Crippen LogP) is 2.76. The summed E-state index contributed by atoms with van der Waals surface area (Å²) in [4.78, 5) is 20.2. The average Bonchev–Trinajstić information content (AvgIpc) is 3.32. The van der Waals surface area contributed by atoms with Crippen LogP contribution < -0.4 is 0 Å². The number of carbonyl (C=O) groups is 1. The number of rotatable bonds is 1. The minimum atomic E-state index is 0.315. The molecule has 1 aromatic rings. The summed E-state index contributed by atoms with van der Waals surface area (Å²) in [6.07, 6.45) is 4.88. The number of hydrogen-bond donors (Lipinski definition) is 0. The van der Waals surface area contributed by atoms with Gasteiger partial charge in [-0.2, -0.15) is 0 Å². The number of piperidine rings is 3.